The highest BCUT2D eigenvalue weighted by Gasteiger charge is 2.53. The molecule has 1 N–H and O–H groups in total. The van der Waals surface area contributed by atoms with Crippen LogP contribution >= 0.6 is 0 Å². The number of fused-ring (bicyclic) bond motifs is 1. The molecule has 7 nitrogen and oxygen atoms in total. The van der Waals surface area contributed by atoms with E-state index in [2.05, 4.69) is 12.2 Å². The van der Waals surface area contributed by atoms with E-state index in [1.165, 1.54) is 42.8 Å². The molecule has 1 saturated heterocycles. The number of nitrogens with one attached hydrogen (secondary N) is 1. The maximum absolute atomic E-state index is 13.2. The Morgan fingerprint density at radius 1 is 1.00 bits per heavy atom. The molecule has 1 atom stereocenters. The van der Waals surface area contributed by atoms with Crippen molar-refractivity contribution >= 4 is 15.9 Å². The van der Waals surface area contributed by atoms with Gasteiger partial charge in [-0.3, -0.25) is 4.79 Å². The van der Waals surface area contributed by atoms with Gasteiger partial charge in [-0.1, -0.05) is 0 Å². The SMILES string of the molecule is CC(NC(=O)C1CCN(S(=O)(=O)c2ccc3c(c2)OCCO3)CC1)C12CC3CC(CC(C3)C1)C2. The number of hydrogen-bond donors (Lipinski definition) is 1. The highest BCUT2D eigenvalue weighted by atomic mass is 32.2. The number of ether oxygens (including phenoxy) is 2. The van der Waals surface area contributed by atoms with Crippen molar-refractivity contribution < 1.29 is 22.7 Å². The lowest BCUT2D eigenvalue weighted by Gasteiger charge is -2.59. The van der Waals surface area contributed by atoms with Gasteiger partial charge in [-0.05, 0) is 93.6 Å². The van der Waals surface area contributed by atoms with Crippen molar-refractivity contribution in [1.29, 1.82) is 0 Å². The van der Waals surface area contributed by atoms with Crippen molar-refractivity contribution in [2.24, 2.45) is 29.1 Å². The van der Waals surface area contributed by atoms with Crippen LogP contribution < -0.4 is 14.8 Å². The highest BCUT2D eigenvalue weighted by molar-refractivity contribution is 7.89. The number of amides is 1. The molecule has 4 aliphatic carbocycles. The van der Waals surface area contributed by atoms with Gasteiger partial charge < -0.3 is 14.8 Å². The van der Waals surface area contributed by atoms with Gasteiger partial charge >= 0.3 is 0 Å². The van der Waals surface area contributed by atoms with Crippen molar-refractivity contribution in [2.45, 2.75) is 69.2 Å². The summed E-state index contributed by atoms with van der Waals surface area (Å²) < 4.78 is 39.0. The summed E-state index contributed by atoms with van der Waals surface area (Å²) in [5.74, 6) is 3.62. The highest BCUT2D eigenvalue weighted by Crippen LogP contribution is 2.61. The van der Waals surface area contributed by atoms with Crippen molar-refractivity contribution in [3.8, 4) is 11.5 Å². The summed E-state index contributed by atoms with van der Waals surface area (Å²) in [6.07, 6.45) is 9.13. The largest absolute Gasteiger partial charge is 0.486 e. The summed E-state index contributed by atoms with van der Waals surface area (Å²) in [7, 11) is -3.63. The molecule has 2 aliphatic heterocycles. The predicted octanol–water partition coefficient (Wildman–Crippen LogP) is 3.58. The fourth-order valence-electron chi connectivity index (χ4n) is 7.88. The molecule has 1 amide bonds. The van der Waals surface area contributed by atoms with Crippen molar-refractivity contribution in [1.82, 2.24) is 9.62 Å². The minimum atomic E-state index is -3.63. The van der Waals surface area contributed by atoms with Crippen LogP contribution in [0.5, 0.6) is 11.5 Å². The topological polar surface area (TPSA) is 84.9 Å². The van der Waals surface area contributed by atoms with E-state index >= 15 is 0 Å². The third-order valence-electron chi connectivity index (χ3n) is 9.34. The van der Waals surface area contributed by atoms with Crippen molar-refractivity contribution in [2.75, 3.05) is 26.3 Å². The second kappa shape index (κ2) is 8.40. The van der Waals surface area contributed by atoms with Gasteiger partial charge in [0.1, 0.15) is 13.2 Å². The Bertz CT molecular complexity index is 1030. The first kappa shape index (κ1) is 22.7. The van der Waals surface area contributed by atoms with Crippen LogP contribution in [0.2, 0.25) is 0 Å². The second-order valence-electron chi connectivity index (χ2n) is 11.5. The summed E-state index contributed by atoms with van der Waals surface area (Å²) in [5.41, 5.74) is 0.284. The Hall–Kier alpha value is -1.80. The third kappa shape index (κ3) is 3.91. The van der Waals surface area contributed by atoms with Crippen molar-refractivity contribution in [3.63, 3.8) is 0 Å². The first-order chi connectivity index (χ1) is 16.3. The standard InChI is InChI=1S/C26H36N2O5S/c1-17(26-14-18-10-19(15-26)12-20(11-18)16-26)27-25(29)21-4-6-28(7-5-21)34(30,31)22-2-3-23-24(13-22)33-9-8-32-23/h2-3,13,17-21H,4-12,14-16H2,1H3,(H,27,29). The van der Waals surface area contributed by atoms with E-state index in [4.69, 9.17) is 9.47 Å². The molecule has 0 radical (unpaired) electrons. The average molecular weight is 489 g/mol. The lowest BCUT2D eigenvalue weighted by Crippen LogP contribution is -2.56. The van der Waals surface area contributed by atoms with E-state index in [-0.39, 0.29) is 28.2 Å². The van der Waals surface area contributed by atoms with Gasteiger partial charge in [-0.15, -0.1) is 0 Å². The van der Waals surface area contributed by atoms with Crippen LogP contribution in [0.4, 0.5) is 0 Å². The zero-order chi connectivity index (χ0) is 23.5. The fraction of sp³-hybridized carbons (Fsp3) is 0.731. The summed E-state index contributed by atoms with van der Waals surface area (Å²) in [4.78, 5) is 13.4. The molecule has 1 unspecified atom stereocenters. The minimum absolute atomic E-state index is 0.111. The molecule has 2 heterocycles. The van der Waals surface area contributed by atoms with Gasteiger partial charge in [0.2, 0.25) is 15.9 Å². The number of nitrogens with zero attached hydrogens (tertiary/aromatic N) is 1. The summed E-state index contributed by atoms with van der Waals surface area (Å²) in [6, 6.07) is 4.99. The van der Waals surface area contributed by atoms with E-state index in [1.54, 1.807) is 18.2 Å². The zero-order valence-corrected chi connectivity index (χ0v) is 20.8. The van der Waals surface area contributed by atoms with Crippen molar-refractivity contribution in [3.05, 3.63) is 18.2 Å². The number of carbonyl (C=O) groups is 1. The molecular formula is C26H36N2O5S. The average Bonchev–Trinajstić information content (AvgIpc) is 2.83. The van der Waals surface area contributed by atoms with E-state index in [9.17, 15) is 13.2 Å². The van der Waals surface area contributed by atoms with Crippen LogP contribution in [0.15, 0.2) is 23.1 Å². The lowest BCUT2D eigenvalue weighted by atomic mass is 9.48. The molecule has 6 aliphatic rings. The molecule has 1 aromatic rings. The summed E-state index contributed by atoms with van der Waals surface area (Å²) in [6.45, 7) is 3.82. The summed E-state index contributed by atoms with van der Waals surface area (Å²) in [5, 5.41) is 3.39. The summed E-state index contributed by atoms with van der Waals surface area (Å²) >= 11 is 0. The van der Waals surface area contributed by atoms with Crippen LogP contribution in [0, 0.1) is 29.1 Å². The monoisotopic (exact) mass is 488 g/mol. The molecule has 34 heavy (non-hydrogen) atoms. The zero-order valence-electron chi connectivity index (χ0n) is 20.0. The van der Waals surface area contributed by atoms with E-state index in [1.807, 2.05) is 0 Å². The molecule has 0 spiro atoms. The van der Waals surface area contributed by atoms with Gasteiger partial charge in [0.15, 0.2) is 11.5 Å². The normalized spacial score (nSPS) is 34.1. The quantitative estimate of drug-likeness (QED) is 0.685. The number of benzene rings is 1. The van der Waals surface area contributed by atoms with Gasteiger partial charge in [0.05, 0.1) is 4.90 Å². The number of rotatable bonds is 5. The Morgan fingerprint density at radius 2 is 1.59 bits per heavy atom. The molecular weight excluding hydrogens is 452 g/mol. The van der Waals surface area contributed by atoms with Crippen LogP contribution in [0.1, 0.15) is 58.3 Å². The fourth-order valence-corrected chi connectivity index (χ4v) is 9.37. The van der Waals surface area contributed by atoms with E-state index < -0.39 is 10.0 Å². The first-order valence-electron chi connectivity index (χ1n) is 13.0. The van der Waals surface area contributed by atoms with Gasteiger partial charge in [0.25, 0.3) is 0 Å². The lowest BCUT2D eigenvalue weighted by molar-refractivity contribution is -0.130. The van der Waals surface area contributed by atoms with E-state index in [0.29, 0.717) is 50.6 Å². The van der Waals surface area contributed by atoms with Crippen LogP contribution in [0.3, 0.4) is 0 Å². The number of carbonyl (C=O) groups excluding carboxylic acids is 1. The van der Waals surface area contributed by atoms with Crippen LogP contribution in [-0.2, 0) is 14.8 Å². The van der Waals surface area contributed by atoms with Gasteiger partial charge in [-0.25, -0.2) is 8.42 Å². The Morgan fingerprint density at radius 3 is 2.21 bits per heavy atom. The molecule has 4 bridgehead atoms. The third-order valence-corrected chi connectivity index (χ3v) is 11.2. The number of sulfonamides is 1. The van der Waals surface area contributed by atoms with Crippen LogP contribution in [0.25, 0.3) is 0 Å². The van der Waals surface area contributed by atoms with Gasteiger partial charge in [0, 0.05) is 31.1 Å². The maximum Gasteiger partial charge on any atom is 0.243 e. The van der Waals surface area contributed by atoms with Gasteiger partial charge in [-0.2, -0.15) is 4.31 Å². The molecule has 5 fully saturated rings. The number of hydrogen-bond acceptors (Lipinski definition) is 5. The molecule has 186 valence electrons. The minimum Gasteiger partial charge on any atom is -0.486 e. The van der Waals surface area contributed by atoms with Crippen LogP contribution in [-0.4, -0.2) is 51.0 Å². The Balaban J connectivity index is 1.07. The van der Waals surface area contributed by atoms with E-state index in [0.717, 1.165) is 17.8 Å². The first-order valence-corrected chi connectivity index (χ1v) is 14.5. The Labute approximate surface area is 202 Å². The predicted molar refractivity (Wildman–Crippen MR) is 127 cm³/mol. The Kier molecular flexibility index (Phi) is 5.60. The molecule has 1 aromatic carbocycles. The molecule has 4 saturated carbocycles. The smallest absolute Gasteiger partial charge is 0.243 e. The molecule has 0 aromatic heterocycles. The molecule has 7 rings (SSSR count). The number of piperidine rings is 1. The maximum atomic E-state index is 13.2. The second-order valence-corrected chi connectivity index (χ2v) is 13.4. The molecule has 8 heteroatoms.